The maximum Gasteiger partial charge on any atom is 0.270 e. The topological polar surface area (TPSA) is 65.6 Å². The van der Waals surface area contributed by atoms with Gasteiger partial charge in [-0.25, -0.2) is 0 Å². The van der Waals surface area contributed by atoms with Crippen LogP contribution in [-0.4, -0.2) is 49.1 Å². The molecule has 1 amide bonds. The zero-order chi connectivity index (χ0) is 19.5. The number of hydrogen-bond donors (Lipinski definition) is 1. The largest absolute Gasteiger partial charge is 0.378 e. The van der Waals surface area contributed by atoms with Gasteiger partial charge in [-0.15, -0.1) is 0 Å². The van der Waals surface area contributed by atoms with Crippen LogP contribution in [0.15, 0.2) is 59.4 Å². The summed E-state index contributed by atoms with van der Waals surface area (Å²) in [7, 11) is 1.76. The SMILES string of the molecule is CN(Cc1ccccc1N1CCOCC1)C(=O)c1cc(=O)c2ccccc2[nH]1. The molecule has 0 atom stereocenters. The smallest absolute Gasteiger partial charge is 0.270 e. The molecule has 1 aromatic heterocycles. The summed E-state index contributed by atoms with van der Waals surface area (Å²) in [4.78, 5) is 32.3. The van der Waals surface area contributed by atoms with Gasteiger partial charge in [0.2, 0.25) is 0 Å². The highest BCUT2D eigenvalue weighted by atomic mass is 16.5. The number of hydrogen-bond acceptors (Lipinski definition) is 4. The fourth-order valence-corrected chi connectivity index (χ4v) is 3.60. The van der Waals surface area contributed by atoms with Gasteiger partial charge < -0.3 is 19.5 Å². The van der Waals surface area contributed by atoms with Crippen molar-refractivity contribution in [3.8, 4) is 0 Å². The second-order valence-corrected chi connectivity index (χ2v) is 6.98. The van der Waals surface area contributed by atoms with Crippen LogP contribution in [0.2, 0.25) is 0 Å². The van der Waals surface area contributed by atoms with Crippen LogP contribution in [0.1, 0.15) is 16.1 Å². The average molecular weight is 377 g/mol. The Bertz CT molecular complexity index is 1050. The average Bonchev–Trinajstić information content (AvgIpc) is 2.74. The maximum absolute atomic E-state index is 13.0. The fourth-order valence-electron chi connectivity index (χ4n) is 3.60. The lowest BCUT2D eigenvalue weighted by Crippen LogP contribution is -2.37. The van der Waals surface area contributed by atoms with Crippen LogP contribution in [-0.2, 0) is 11.3 Å². The van der Waals surface area contributed by atoms with E-state index in [1.165, 1.54) is 6.07 Å². The molecule has 6 heteroatoms. The Balaban J connectivity index is 1.58. The molecule has 1 saturated heterocycles. The maximum atomic E-state index is 13.0. The molecular weight excluding hydrogens is 354 g/mol. The monoisotopic (exact) mass is 377 g/mol. The van der Waals surface area contributed by atoms with Crippen molar-refractivity contribution in [3.63, 3.8) is 0 Å². The third-order valence-corrected chi connectivity index (χ3v) is 5.07. The van der Waals surface area contributed by atoms with Crippen LogP contribution in [0.25, 0.3) is 10.9 Å². The summed E-state index contributed by atoms with van der Waals surface area (Å²) in [5, 5.41) is 0.583. The Morgan fingerprint density at radius 3 is 2.64 bits per heavy atom. The van der Waals surface area contributed by atoms with E-state index < -0.39 is 0 Å². The first kappa shape index (κ1) is 18.3. The number of nitrogens with zero attached hydrogens (tertiary/aromatic N) is 2. The second-order valence-electron chi connectivity index (χ2n) is 6.98. The molecule has 0 bridgehead atoms. The Kier molecular flexibility index (Phi) is 5.12. The summed E-state index contributed by atoms with van der Waals surface area (Å²) in [6, 6.07) is 16.7. The van der Waals surface area contributed by atoms with Gasteiger partial charge in [0.15, 0.2) is 5.43 Å². The minimum Gasteiger partial charge on any atom is -0.378 e. The number of anilines is 1. The Labute approximate surface area is 163 Å². The number of carbonyl (C=O) groups excluding carboxylic acids is 1. The molecule has 2 aromatic carbocycles. The molecule has 0 unspecified atom stereocenters. The number of fused-ring (bicyclic) bond motifs is 1. The molecule has 1 N–H and O–H groups in total. The van der Waals surface area contributed by atoms with Gasteiger partial charge in [-0.3, -0.25) is 9.59 Å². The minimum absolute atomic E-state index is 0.153. The van der Waals surface area contributed by atoms with Crippen molar-refractivity contribution in [1.82, 2.24) is 9.88 Å². The number of pyridine rings is 1. The van der Waals surface area contributed by atoms with Crippen LogP contribution in [0, 0.1) is 0 Å². The van der Waals surface area contributed by atoms with Crippen molar-refractivity contribution in [2.24, 2.45) is 0 Å². The van der Waals surface area contributed by atoms with Gasteiger partial charge in [0.05, 0.1) is 13.2 Å². The van der Waals surface area contributed by atoms with Gasteiger partial charge in [0.25, 0.3) is 5.91 Å². The Morgan fingerprint density at radius 1 is 1.11 bits per heavy atom. The number of aromatic amines is 1. The number of amides is 1. The van der Waals surface area contributed by atoms with E-state index in [4.69, 9.17) is 4.74 Å². The molecule has 4 rings (SSSR count). The van der Waals surface area contributed by atoms with E-state index in [1.54, 1.807) is 24.1 Å². The van der Waals surface area contributed by atoms with Crippen molar-refractivity contribution in [2.75, 3.05) is 38.3 Å². The third-order valence-electron chi connectivity index (χ3n) is 5.07. The first-order chi connectivity index (χ1) is 13.6. The summed E-state index contributed by atoms with van der Waals surface area (Å²) in [6.07, 6.45) is 0. The highest BCUT2D eigenvalue weighted by Gasteiger charge is 2.19. The van der Waals surface area contributed by atoms with E-state index in [1.807, 2.05) is 30.3 Å². The van der Waals surface area contributed by atoms with Crippen molar-refractivity contribution in [3.05, 3.63) is 76.1 Å². The molecule has 144 valence electrons. The Morgan fingerprint density at radius 2 is 1.82 bits per heavy atom. The molecule has 28 heavy (non-hydrogen) atoms. The summed E-state index contributed by atoms with van der Waals surface area (Å²) in [5.41, 5.74) is 3.01. The molecule has 6 nitrogen and oxygen atoms in total. The lowest BCUT2D eigenvalue weighted by Gasteiger charge is -2.31. The third kappa shape index (κ3) is 3.64. The summed E-state index contributed by atoms with van der Waals surface area (Å²) >= 11 is 0. The molecule has 0 spiro atoms. The van der Waals surface area contributed by atoms with Gasteiger partial charge in [-0.2, -0.15) is 0 Å². The predicted octanol–water partition coefficient (Wildman–Crippen LogP) is 2.64. The van der Waals surface area contributed by atoms with E-state index in [0.29, 0.717) is 36.4 Å². The van der Waals surface area contributed by atoms with Gasteiger partial charge in [0, 0.05) is 49.3 Å². The standard InChI is InChI=1S/C22H23N3O3/c1-24(15-16-6-2-5-9-20(16)25-10-12-28-13-11-25)22(27)19-14-21(26)17-7-3-4-8-18(17)23-19/h2-9,14H,10-13,15H2,1H3,(H,23,26). The van der Waals surface area contributed by atoms with E-state index in [9.17, 15) is 9.59 Å². The number of carbonyl (C=O) groups is 1. The van der Waals surface area contributed by atoms with Crippen LogP contribution in [0.5, 0.6) is 0 Å². The fraction of sp³-hybridized carbons (Fsp3) is 0.273. The summed E-state index contributed by atoms with van der Waals surface area (Å²) in [5.74, 6) is -0.209. The molecule has 0 saturated carbocycles. The highest BCUT2D eigenvalue weighted by Crippen LogP contribution is 2.23. The first-order valence-corrected chi connectivity index (χ1v) is 9.41. The van der Waals surface area contributed by atoms with Crippen molar-refractivity contribution in [2.45, 2.75) is 6.54 Å². The number of rotatable bonds is 4. The summed E-state index contributed by atoms with van der Waals surface area (Å²) < 4.78 is 5.44. The molecule has 1 fully saturated rings. The number of aromatic nitrogens is 1. The molecule has 2 heterocycles. The van der Waals surface area contributed by atoms with E-state index >= 15 is 0 Å². The number of H-pyrrole nitrogens is 1. The number of morpholine rings is 1. The Hall–Kier alpha value is -3.12. The number of benzene rings is 2. The molecule has 1 aliphatic heterocycles. The van der Waals surface area contributed by atoms with E-state index in [2.05, 4.69) is 16.0 Å². The molecular formula is C22H23N3O3. The zero-order valence-corrected chi connectivity index (χ0v) is 15.9. The van der Waals surface area contributed by atoms with Gasteiger partial charge >= 0.3 is 0 Å². The van der Waals surface area contributed by atoms with Crippen LogP contribution < -0.4 is 10.3 Å². The lowest BCUT2D eigenvalue weighted by atomic mass is 10.1. The molecule has 3 aromatic rings. The minimum atomic E-state index is -0.209. The van der Waals surface area contributed by atoms with Crippen molar-refractivity contribution >= 4 is 22.5 Å². The molecule has 1 aliphatic rings. The van der Waals surface area contributed by atoms with Gasteiger partial charge in [0.1, 0.15) is 5.69 Å². The quantitative estimate of drug-likeness (QED) is 0.759. The van der Waals surface area contributed by atoms with E-state index in [-0.39, 0.29) is 11.3 Å². The van der Waals surface area contributed by atoms with Gasteiger partial charge in [-0.05, 0) is 23.8 Å². The number of ether oxygens (including phenoxy) is 1. The second kappa shape index (κ2) is 7.86. The molecule has 0 radical (unpaired) electrons. The van der Waals surface area contributed by atoms with Crippen LogP contribution >= 0.6 is 0 Å². The zero-order valence-electron chi connectivity index (χ0n) is 15.9. The van der Waals surface area contributed by atoms with Crippen LogP contribution in [0.3, 0.4) is 0 Å². The number of nitrogens with one attached hydrogen (secondary N) is 1. The van der Waals surface area contributed by atoms with Crippen LogP contribution in [0.4, 0.5) is 5.69 Å². The van der Waals surface area contributed by atoms with Gasteiger partial charge in [-0.1, -0.05) is 30.3 Å². The highest BCUT2D eigenvalue weighted by molar-refractivity contribution is 5.94. The lowest BCUT2D eigenvalue weighted by molar-refractivity contribution is 0.0779. The first-order valence-electron chi connectivity index (χ1n) is 9.41. The van der Waals surface area contributed by atoms with E-state index in [0.717, 1.165) is 24.3 Å². The summed E-state index contributed by atoms with van der Waals surface area (Å²) in [6.45, 7) is 3.56. The predicted molar refractivity (Wildman–Crippen MR) is 110 cm³/mol. The normalized spacial score (nSPS) is 14.2. The van der Waals surface area contributed by atoms with Crippen molar-refractivity contribution in [1.29, 1.82) is 0 Å². The van der Waals surface area contributed by atoms with Crippen molar-refractivity contribution < 1.29 is 9.53 Å². The number of para-hydroxylation sites is 2. The molecule has 0 aliphatic carbocycles.